The van der Waals surface area contributed by atoms with Crippen molar-refractivity contribution in [2.75, 3.05) is 13.2 Å². The van der Waals surface area contributed by atoms with Gasteiger partial charge < -0.3 is 14.6 Å². The number of hydrogen-bond acceptors (Lipinski definition) is 4. The van der Waals surface area contributed by atoms with Crippen molar-refractivity contribution in [1.82, 2.24) is 0 Å². The minimum absolute atomic E-state index is 0.144. The Bertz CT molecular complexity index is 498. The van der Waals surface area contributed by atoms with Crippen LogP contribution in [0.2, 0.25) is 0 Å². The molecule has 112 valence electrons. The fourth-order valence-electron chi connectivity index (χ4n) is 2.48. The number of carboxylic acid groups (broad SMARTS) is 1. The number of nitriles is 1. The summed E-state index contributed by atoms with van der Waals surface area (Å²) in [5, 5.41) is 17.6. The molecule has 5 heteroatoms. The van der Waals surface area contributed by atoms with Crippen LogP contribution < -0.4 is 4.74 Å². The van der Waals surface area contributed by atoms with Crippen LogP contribution in [0.4, 0.5) is 0 Å². The summed E-state index contributed by atoms with van der Waals surface area (Å²) in [5.74, 6) is -0.190. The van der Waals surface area contributed by atoms with Crippen molar-refractivity contribution in [3.05, 3.63) is 29.8 Å². The second-order valence-corrected chi connectivity index (χ2v) is 5.17. The average Bonchev–Trinajstić information content (AvgIpc) is 2.52. The van der Waals surface area contributed by atoms with Crippen molar-refractivity contribution in [3.8, 4) is 11.8 Å². The Balaban J connectivity index is 1.62. The van der Waals surface area contributed by atoms with E-state index < -0.39 is 5.97 Å². The normalized spacial score (nSPS) is 21.5. The molecule has 5 nitrogen and oxygen atoms in total. The predicted molar refractivity (Wildman–Crippen MR) is 76.0 cm³/mol. The molecule has 0 heterocycles. The van der Waals surface area contributed by atoms with E-state index in [1.54, 1.807) is 24.3 Å². The van der Waals surface area contributed by atoms with Crippen LogP contribution in [0.1, 0.15) is 31.2 Å². The number of carboxylic acids is 1. The number of rotatable bonds is 6. The first-order chi connectivity index (χ1) is 10.2. The third-order valence-corrected chi connectivity index (χ3v) is 3.71. The van der Waals surface area contributed by atoms with Crippen molar-refractivity contribution in [3.63, 3.8) is 0 Å². The molecule has 1 saturated carbocycles. The monoisotopic (exact) mass is 289 g/mol. The van der Waals surface area contributed by atoms with E-state index in [1.807, 2.05) is 0 Å². The van der Waals surface area contributed by atoms with Gasteiger partial charge in [0.15, 0.2) is 0 Å². The van der Waals surface area contributed by atoms with Crippen molar-refractivity contribution >= 4 is 5.97 Å². The second-order valence-electron chi connectivity index (χ2n) is 5.17. The van der Waals surface area contributed by atoms with Crippen LogP contribution >= 0.6 is 0 Å². The number of ether oxygens (including phenoxy) is 2. The highest BCUT2D eigenvalue weighted by atomic mass is 16.5. The molecule has 1 fully saturated rings. The van der Waals surface area contributed by atoms with Gasteiger partial charge in [0.2, 0.25) is 0 Å². The molecular formula is C16H19NO4. The van der Waals surface area contributed by atoms with Gasteiger partial charge in [-0.05, 0) is 49.9 Å². The summed E-state index contributed by atoms with van der Waals surface area (Å²) in [7, 11) is 0. The van der Waals surface area contributed by atoms with Crippen LogP contribution in [0.25, 0.3) is 0 Å². The molecule has 1 aliphatic carbocycles. The van der Waals surface area contributed by atoms with Crippen molar-refractivity contribution in [2.24, 2.45) is 5.92 Å². The summed E-state index contributed by atoms with van der Waals surface area (Å²) in [5.41, 5.74) is 0.605. The molecule has 0 aromatic heterocycles. The van der Waals surface area contributed by atoms with E-state index in [1.165, 1.54) is 0 Å². The topological polar surface area (TPSA) is 79.5 Å². The molecule has 0 spiro atoms. The Kier molecular flexibility index (Phi) is 5.59. The zero-order valence-electron chi connectivity index (χ0n) is 11.8. The van der Waals surface area contributed by atoms with E-state index >= 15 is 0 Å². The van der Waals surface area contributed by atoms with Gasteiger partial charge in [-0.1, -0.05) is 0 Å². The second kappa shape index (κ2) is 7.65. The molecule has 1 N–H and O–H groups in total. The quantitative estimate of drug-likeness (QED) is 0.814. The van der Waals surface area contributed by atoms with Crippen LogP contribution in [0, 0.1) is 17.2 Å². The maximum absolute atomic E-state index is 10.8. The number of nitrogens with zero attached hydrogens (tertiary/aromatic N) is 1. The highest BCUT2D eigenvalue weighted by Crippen LogP contribution is 2.26. The summed E-state index contributed by atoms with van der Waals surface area (Å²) < 4.78 is 11.2. The number of hydrogen-bond donors (Lipinski definition) is 1. The molecule has 1 aliphatic rings. The highest BCUT2D eigenvalue weighted by Gasteiger charge is 2.26. The first-order valence-corrected chi connectivity index (χ1v) is 7.16. The van der Waals surface area contributed by atoms with E-state index in [-0.39, 0.29) is 12.0 Å². The largest absolute Gasteiger partial charge is 0.491 e. The maximum Gasteiger partial charge on any atom is 0.306 e. The molecule has 2 rings (SSSR count). The van der Waals surface area contributed by atoms with Crippen LogP contribution in [0.5, 0.6) is 5.75 Å². The predicted octanol–water partition coefficient (Wildman–Crippen LogP) is 2.60. The molecule has 0 saturated heterocycles. The van der Waals surface area contributed by atoms with Gasteiger partial charge >= 0.3 is 5.97 Å². The van der Waals surface area contributed by atoms with Crippen molar-refractivity contribution < 1.29 is 19.4 Å². The lowest BCUT2D eigenvalue weighted by Crippen LogP contribution is -2.27. The zero-order valence-corrected chi connectivity index (χ0v) is 11.8. The van der Waals surface area contributed by atoms with E-state index in [9.17, 15) is 4.79 Å². The van der Waals surface area contributed by atoms with Crippen molar-refractivity contribution in [2.45, 2.75) is 31.8 Å². The highest BCUT2D eigenvalue weighted by molar-refractivity contribution is 5.70. The number of aliphatic carboxylic acids is 1. The Morgan fingerprint density at radius 3 is 2.43 bits per heavy atom. The molecule has 0 unspecified atom stereocenters. The fraction of sp³-hybridized carbons (Fsp3) is 0.500. The SMILES string of the molecule is N#Cc1ccc(OCCOC2CCC(C(=O)O)CC2)cc1. The molecule has 0 radical (unpaired) electrons. The van der Waals surface area contributed by atoms with E-state index in [0.717, 1.165) is 12.8 Å². The summed E-state index contributed by atoms with van der Waals surface area (Å²) in [6.45, 7) is 0.938. The average molecular weight is 289 g/mol. The molecule has 0 bridgehead atoms. The fourth-order valence-corrected chi connectivity index (χ4v) is 2.48. The number of carbonyl (C=O) groups is 1. The van der Waals surface area contributed by atoms with E-state index in [2.05, 4.69) is 6.07 Å². The van der Waals surface area contributed by atoms with Gasteiger partial charge in [-0.2, -0.15) is 5.26 Å². The smallest absolute Gasteiger partial charge is 0.306 e. The lowest BCUT2D eigenvalue weighted by Gasteiger charge is -2.26. The molecule has 0 atom stereocenters. The Hall–Kier alpha value is -2.06. The van der Waals surface area contributed by atoms with Gasteiger partial charge in [-0.3, -0.25) is 4.79 Å². The Morgan fingerprint density at radius 1 is 1.19 bits per heavy atom. The molecule has 0 amide bonds. The van der Waals surface area contributed by atoms with Gasteiger partial charge in [0, 0.05) is 0 Å². The van der Waals surface area contributed by atoms with Gasteiger partial charge in [0.1, 0.15) is 12.4 Å². The molecule has 0 aliphatic heterocycles. The van der Waals surface area contributed by atoms with Crippen LogP contribution in [0.3, 0.4) is 0 Å². The summed E-state index contributed by atoms with van der Waals surface area (Å²) in [6.07, 6.45) is 3.12. The lowest BCUT2D eigenvalue weighted by atomic mass is 9.87. The van der Waals surface area contributed by atoms with Gasteiger partial charge in [-0.25, -0.2) is 0 Å². The third-order valence-electron chi connectivity index (χ3n) is 3.71. The third kappa shape index (κ3) is 4.76. The molecule has 1 aromatic rings. The molecule has 1 aromatic carbocycles. The van der Waals surface area contributed by atoms with Crippen molar-refractivity contribution in [1.29, 1.82) is 5.26 Å². The maximum atomic E-state index is 10.8. The van der Waals surface area contributed by atoms with Crippen LogP contribution in [-0.4, -0.2) is 30.4 Å². The molecular weight excluding hydrogens is 270 g/mol. The van der Waals surface area contributed by atoms with Gasteiger partial charge in [0.05, 0.1) is 30.3 Å². The standard InChI is InChI=1S/C16H19NO4/c17-11-12-1-5-14(6-2-12)20-9-10-21-15-7-3-13(4-8-15)16(18)19/h1-2,5-6,13,15H,3-4,7-10H2,(H,18,19). The Morgan fingerprint density at radius 2 is 1.86 bits per heavy atom. The minimum atomic E-state index is -0.697. The Labute approximate surface area is 124 Å². The van der Waals surface area contributed by atoms with Crippen LogP contribution in [-0.2, 0) is 9.53 Å². The summed E-state index contributed by atoms with van der Waals surface area (Å²) in [6, 6.07) is 9.00. The number of benzene rings is 1. The lowest BCUT2D eigenvalue weighted by molar-refractivity contribution is -0.143. The minimum Gasteiger partial charge on any atom is -0.491 e. The van der Waals surface area contributed by atoms with E-state index in [4.69, 9.17) is 19.8 Å². The zero-order chi connectivity index (χ0) is 15.1. The first-order valence-electron chi connectivity index (χ1n) is 7.16. The summed E-state index contributed by atoms with van der Waals surface area (Å²) in [4.78, 5) is 10.8. The van der Waals surface area contributed by atoms with Gasteiger partial charge in [0.25, 0.3) is 0 Å². The van der Waals surface area contributed by atoms with Crippen LogP contribution in [0.15, 0.2) is 24.3 Å². The molecule has 21 heavy (non-hydrogen) atoms. The van der Waals surface area contributed by atoms with E-state index in [0.29, 0.717) is 37.4 Å². The van der Waals surface area contributed by atoms with Gasteiger partial charge in [-0.15, -0.1) is 0 Å². The first kappa shape index (κ1) is 15.3. The summed E-state index contributed by atoms with van der Waals surface area (Å²) >= 11 is 0.